The Balaban J connectivity index is 1.95. The third-order valence-electron chi connectivity index (χ3n) is 4.24. The number of methoxy groups -OCH3 is 2. The number of amides is 1. The van der Waals surface area contributed by atoms with Crippen LogP contribution in [0.2, 0.25) is 5.02 Å². The fourth-order valence-corrected chi connectivity index (χ4v) is 4.36. The summed E-state index contributed by atoms with van der Waals surface area (Å²) < 4.78 is 11.6. The third-order valence-corrected chi connectivity index (χ3v) is 5.90. The van der Waals surface area contributed by atoms with Crippen molar-refractivity contribution in [2.75, 3.05) is 27.4 Å². The molecule has 0 saturated heterocycles. The summed E-state index contributed by atoms with van der Waals surface area (Å²) in [5.74, 6) is 1.09. The van der Waals surface area contributed by atoms with Crippen molar-refractivity contribution in [1.29, 1.82) is 0 Å². The molecule has 0 aliphatic heterocycles. The normalized spacial score (nSPS) is 10.8. The van der Waals surface area contributed by atoms with Crippen LogP contribution in [0.5, 0.6) is 11.5 Å². The zero-order valence-electron chi connectivity index (χ0n) is 15.1. The van der Waals surface area contributed by atoms with Gasteiger partial charge in [-0.15, -0.1) is 11.3 Å². The molecule has 0 spiro atoms. The largest absolute Gasteiger partial charge is 0.497 e. The number of aliphatic hydroxyl groups is 1. The van der Waals surface area contributed by atoms with Gasteiger partial charge in [0.05, 0.1) is 25.8 Å². The Morgan fingerprint density at radius 2 is 1.96 bits per heavy atom. The number of rotatable bonds is 7. The molecule has 142 valence electrons. The lowest BCUT2D eigenvalue weighted by Gasteiger charge is -2.23. The van der Waals surface area contributed by atoms with Gasteiger partial charge in [-0.05, 0) is 24.3 Å². The van der Waals surface area contributed by atoms with Crippen molar-refractivity contribution in [2.45, 2.75) is 6.54 Å². The lowest BCUT2D eigenvalue weighted by molar-refractivity contribution is 0.0711. The maximum absolute atomic E-state index is 13.2. The Morgan fingerprint density at radius 1 is 1.19 bits per heavy atom. The van der Waals surface area contributed by atoms with Crippen molar-refractivity contribution in [3.8, 4) is 11.5 Å². The monoisotopic (exact) mass is 405 g/mol. The summed E-state index contributed by atoms with van der Waals surface area (Å²) in [6, 6.07) is 13.0. The summed E-state index contributed by atoms with van der Waals surface area (Å²) in [4.78, 5) is 15.2. The molecule has 1 N–H and O–H groups in total. The number of aliphatic hydroxyl groups excluding tert-OH is 1. The van der Waals surface area contributed by atoms with Crippen molar-refractivity contribution < 1.29 is 19.4 Å². The van der Waals surface area contributed by atoms with Gasteiger partial charge < -0.3 is 19.5 Å². The molecule has 1 aromatic heterocycles. The second-order valence-corrected chi connectivity index (χ2v) is 7.30. The Labute approximate surface area is 166 Å². The van der Waals surface area contributed by atoms with Crippen LogP contribution in [0.25, 0.3) is 10.1 Å². The first-order valence-corrected chi connectivity index (χ1v) is 9.56. The second-order valence-electron chi connectivity index (χ2n) is 5.87. The number of carbonyl (C=O) groups is 1. The van der Waals surface area contributed by atoms with E-state index in [-0.39, 0.29) is 25.6 Å². The van der Waals surface area contributed by atoms with E-state index < -0.39 is 0 Å². The molecule has 27 heavy (non-hydrogen) atoms. The number of fused-ring (bicyclic) bond motifs is 1. The zero-order valence-corrected chi connectivity index (χ0v) is 16.6. The minimum atomic E-state index is -0.222. The molecular weight excluding hydrogens is 386 g/mol. The van der Waals surface area contributed by atoms with Gasteiger partial charge in [0.1, 0.15) is 16.4 Å². The highest BCUT2D eigenvalue weighted by Crippen LogP contribution is 2.36. The molecule has 0 aliphatic carbocycles. The molecule has 0 atom stereocenters. The van der Waals surface area contributed by atoms with Crippen molar-refractivity contribution in [3.63, 3.8) is 0 Å². The number of carbonyl (C=O) groups excluding carboxylic acids is 1. The van der Waals surface area contributed by atoms with Crippen LogP contribution in [-0.4, -0.2) is 43.3 Å². The van der Waals surface area contributed by atoms with E-state index in [1.54, 1.807) is 31.3 Å². The van der Waals surface area contributed by atoms with E-state index >= 15 is 0 Å². The van der Waals surface area contributed by atoms with Crippen LogP contribution in [0.1, 0.15) is 15.2 Å². The van der Waals surface area contributed by atoms with Gasteiger partial charge in [0.2, 0.25) is 0 Å². The van der Waals surface area contributed by atoms with E-state index in [1.165, 1.54) is 11.3 Å². The maximum Gasteiger partial charge on any atom is 0.265 e. The minimum Gasteiger partial charge on any atom is -0.497 e. The van der Waals surface area contributed by atoms with Gasteiger partial charge in [-0.3, -0.25) is 4.79 Å². The van der Waals surface area contributed by atoms with Gasteiger partial charge in [-0.2, -0.15) is 0 Å². The quantitative estimate of drug-likeness (QED) is 0.639. The Kier molecular flexibility index (Phi) is 6.21. The number of hydrogen-bond donors (Lipinski definition) is 1. The van der Waals surface area contributed by atoms with E-state index in [1.807, 2.05) is 30.3 Å². The van der Waals surface area contributed by atoms with Gasteiger partial charge in [0.25, 0.3) is 5.91 Å². The van der Waals surface area contributed by atoms with Crippen LogP contribution in [0, 0.1) is 0 Å². The van der Waals surface area contributed by atoms with E-state index in [9.17, 15) is 9.90 Å². The van der Waals surface area contributed by atoms with Gasteiger partial charge in [-0.25, -0.2) is 0 Å². The fourth-order valence-electron chi connectivity index (χ4n) is 2.88. The van der Waals surface area contributed by atoms with E-state index in [0.29, 0.717) is 21.4 Å². The van der Waals surface area contributed by atoms with Gasteiger partial charge in [0.15, 0.2) is 0 Å². The minimum absolute atomic E-state index is 0.152. The molecule has 1 heterocycles. The highest BCUT2D eigenvalue weighted by Gasteiger charge is 2.23. The van der Waals surface area contributed by atoms with Crippen molar-refractivity contribution in [2.24, 2.45) is 0 Å². The first-order valence-electron chi connectivity index (χ1n) is 8.37. The van der Waals surface area contributed by atoms with Crippen LogP contribution in [0.4, 0.5) is 0 Å². The first-order chi connectivity index (χ1) is 13.1. The fraction of sp³-hybridized carbons (Fsp3) is 0.250. The molecule has 5 nitrogen and oxygen atoms in total. The molecule has 0 saturated carbocycles. The molecule has 0 radical (unpaired) electrons. The SMILES string of the molecule is COc1ccc(OC)c(CN(CCO)C(=O)c2sc3ccccc3c2Cl)c1. The molecule has 0 bridgehead atoms. The van der Waals surface area contributed by atoms with Crippen LogP contribution < -0.4 is 9.47 Å². The van der Waals surface area contributed by atoms with Crippen molar-refractivity contribution in [3.05, 3.63) is 57.9 Å². The van der Waals surface area contributed by atoms with E-state index in [2.05, 4.69) is 0 Å². The van der Waals surface area contributed by atoms with Crippen LogP contribution in [-0.2, 0) is 6.54 Å². The van der Waals surface area contributed by atoms with Crippen molar-refractivity contribution >= 4 is 38.9 Å². The number of benzene rings is 2. The predicted molar refractivity (Wildman–Crippen MR) is 108 cm³/mol. The summed E-state index contributed by atoms with van der Waals surface area (Å²) in [6.45, 7) is 0.300. The first kappa shape index (κ1) is 19.5. The van der Waals surface area contributed by atoms with Gasteiger partial charge in [-0.1, -0.05) is 29.8 Å². The maximum atomic E-state index is 13.2. The Hall–Kier alpha value is -2.28. The molecule has 7 heteroatoms. The van der Waals surface area contributed by atoms with Gasteiger partial charge >= 0.3 is 0 Å². The number of hydrogen-bond acceptors (Lipinski definition) is 5. The molecule has 0 unspecified atom stereocenters. The highest BCUT2D eigenvalue weighted by atomic mass is 35.5. The molecular formula is C20H20ClNO4S. The summed E-state index contributed by atoms with van der Waals surface area (Å²) in [5, 5.41) is 10.8. The standard InChI is InChI=1S/C20H20ClNO4S/c1-25-14-7-8-16(26-2)13(11-14)12-22(9-10-23)20(24)19-18(21)15-5-3-4-6-17(15)27-19/h3-8,11,23H,9-10,12H2,1-2H3. The highest BCUT2D eigenvalue weighted by molar-refractivity contribution is 7.21. The average Bonchev–Trinajstić information content (AvgIpc) is 3.04. The van der Waals surface area contributed by atoms with E-state index in [0.717, 1.165) is 15.6 Å². The Bertz CT molecular complexity index is 956. The second kappa shape index (κ2) is 8.61. The lowest BCUT2D eigenvalue weighted by Crippen LogP contribution is -2.33. The molecule has 3 aromatic rings. The Morgan fingerprint density at radius 3 is 2.63 bits per heavy atom. The van der Waals surface area contributed by atoms with Crippen LogP contribution in [0.3, 0.4) is 0 Å². The number of halogens is 1. The summed E-state index contributed by atoms with van der Waals surface area (Å²) in [6.07, 6.45) is 0. The summed E-state index contributed by atoms with van der Waals surface area (Å²) in [7, 11) is 3.16. The number of ether oxygens (including phenoxy) is 2. The molecule has 2 aromatic carbocycles. The third kappa shape index (κ3) is 4.03. The molecule has 0 fully saturated rings. The number of nitrogens with zero attached hydrogens (tertiary/aromatic N) is 1. The number of thiophene rings is 1. The predicted octanol–water partition coefficient (Wildman–Crippen LogP) is 4.21. The van der Waals surface area contributed by atoms with Crippen LogP contribution >= 0.6 is 22.9 Å². The smallest absolute Gasteiger partial charge is 0.265 e. The molecule has 0 aliphatic rings. The van der Waals surface area contributed by atoms with Crippen molar-refractivity contribution in [1.82, 2.24) is 4.90 Å². The lowest BCUT2D eigenvalue weighted by atomic mass is 10.1. The van der Waals surface area contributed by atoms with Crippen LogP contribution in [0.15, 0.2) is 42.5 Å². The zero-order chi connectivity index (χ0) is 19.4. The van der Waals surface area contributed by atoms with E-state index in [4.69, 9.17) is 21.1 Å². The topological polar surface area (TPSA) is 59.0 Å². The van der Waals surface area contributed by atoms with Gasteiger partial charge in [0, 0.05) is 28.7 Å². The molecule has 1 amide bonds. The molecule has 3 rings (SSSR count). The summed E-state index contributed by atoms with van der Waals surface area (Å²) >= 11 is 7.81. The average molecular weight is 406 g/mol. The summed E-state index contributed by atoms with van der Waals surface area (Å²) in [5.41, 5.74) is 0.788.